The van der Waals surface area contributed by atoms with Crippen LogP contribution in [0.4, 0.5) is 4.39 Å². The van der Waals surface area contributed by atoms with Crippen molar-refractivity contribution in [2.24, 2.45) is 11.8 Å². The number of ether oxygens (including phenoxy) is 1. The predicted molar refractivity (Wildman–Crippen MR) is 123 cm³/mol. The molecule has 0 aliphatic heterocycles. The van der Waals surface area contributed by atoms with E-state index in [2.05, 4.69) is 24.1 Å². The monoisotopic (exact) mass is 465 g/mol. The molecular formula is C24H33ClFN3O3. The van der Waals surface area contributed by atoms with Crippen LogP contribution in [0.1, 0.15) is 62.9 Å². The van der Waals surface area contributed by atoms with E-state index in [0.29, 0.717) is 23.8 Å². The van der Waals surface area contributed by atoms with Crippen molar-refractivity contribution in [3.8, 4) is 0 Å². The molecule has 2 rings (SSSR count). The molecule has 2 aromatic rings. The molecule has 1 amide bonds. The lowest BCUT2D eigenvalue weighted by molar-refractivity contribution is -0.135. The molecule has 1 aromatic heterocycles. The van der Waals surface area contributed by atoms with Crippen LogP contribution in [0.2, 0.25) is 5.02 Å². The number of carbonyl (C=O) groups excluding carboxylic acids is 1. The van der Waals surface area contributed by atoms with Gasteiger partial charge in [0.25, 0.3) is 0 Å². The lowest BCUT2D eigenvalue weighted by Crippen LogP contribution is -2.30. The van der Waals surface area contributed by atoms with Crippen LogP contribution in [0.15, 0.2) is 42.6 Å². The summed E-state index contributed by atoms with van der Waals surface area (Å²) in [6.07, 6.45) is 3.94. The van der Waals surface area contributed by atoms with Gasteiger partial charge in [-0.05, 0) is 61.6 Å². The maximum atomic E-state index is 13.2. The fourth-order valence-electron chi connectivity index (χ4n) is 3.78. The van der Waals surface area contributed by atoms with Crippen LogP contribution in [0.25, 0.3) is 0 Å². The standard InChI is InChI=1S/C24H33ClFN3O3/c1-16(2)23(21-12-9-19(25)15-28-21)27-13-5-4-6-18(24(30)29-31)14-22(32-3)17-7-10-20(26)11-8-17/h7-12,15-16,18,22-23,27,31H,4-6,13-14H2,1-3H3,(H,29,30)/t18-,22+,23+/m0/s1. The molecule has 0 spiro atoms. The van der Waals surface area contributed by atoms with E-state index in [4.69, 9.17) is 21.5 Å². The number of rotatable bonds is 13. The maximum absolute atomic E-state index is 13.2. The fraction of sp³-hybridized carbons (Fsp3) is 0.500. The van der Waals surface area contributed by atoms with Gasteiger partial charge in [0.15, 0.2) is 0 Å². The number of methoxy groups -OCH3 is 1. The normalized spacial score (nSPS) is 14.2. The molecule has 0 unspecified atom stereocenters. The molecule has 0 radical (unpaired) electrons. The van der Waals surface area contributed by atoms with Crippen molar-refractivity contribution in [1.29, 1.82) is 0 Å². The first kappa shape index (κ1) is 26.2. The summed E-state index contributed by atoms with van der Waals surface area (Å²) in [4.78, 5) is 16.6. The highest BCUT2D eigenvalue weighted by Crippen LogP contribution is 2.28. The Morgan fingerprint density at radius 2 is 1.91 bits per heavy atom. The number of amides is 1. The van der Waals surface area contributed by atoms with E-state index in [0.717, 1.165) is 30.6 Å². The Morgan fingerprint density at radius 1 is 1.19 bits per heavy atom. The molecule has 1 aromatic carbocycles. The second-order valence-corrected chi connectivity index (χ2v) is 8.69. The molecule has 0 aliphatic rings. The number of pyridine rings is 1. The highest BCUT2D eigenvalue weighted by atomic mass is 35.5. The van der Waals surface area contributed by atoms with E-state index in [9.17, 15) is 9.18 Å². The van der Waals surface area contributed by atoms with Crippen LogP contribution in [-0.4, -0.2) is 29.8 Å². The van der Waals surface area contributed by atoms with E-state index >= 15 is 0 Å². The first-order chi connectivity index (χ1) is 15.3. The molecule has 6 nitrogen and oxygen atoms in total. The first-order valence-electron chi connectivity index (χ1n) is 10.9. The molecule has 3 atom stereocenters. The quantitative estimate of drug-likeness (QED) is 0.214. The number of unbranched alkanes of at least 4 members (excludes halogenated alkanes) is 1. The molecule has 0 saturated carbocycles. The number of hydroxylamine groups is 1. The number of nitrogens with zero attached hydrogens (tertiary/aromatic N) is 1. The average molecular weight is 466 g/mol. The van der Waals surface area contributed by atoms with Crippen LogP contribution in [0.5, 0.6) is 0 Å². The van der Waals surface area contributed by atoms with Crippen molar-refractivity contribution in [2.75, 3.05) is 13.7 Å². The van der Waals surface area contributed by atoms with Crippen molar-refractivity contribution in [1.82, 2.24) is 15.8 Å². The summed E-state index contributed by atoms with van der Waals surface area (Å²) in [5.74, 6) is -0.828. The third kappa shape index (κ3) is 8.13. The van der Waals surface area contributed by atoms with Crippen molar-refractivity contribution >= 4 is 17.5 Å². The zero-order chi connectivity index (χ0) is 23.5. The molecule has 176 valence electrons. The zero-order valence-electron chi connectivity index (χ0n) is 18.9. The topological polar surface area (TPSA) is 83.5 Å². The molecule has 0 bridgehead atoms. The van der Waals surface area contributed by atoms with Gasteiger partial charge in [0, 0.05) is 19.2 Å². The Balaban J connectivity index is 1.88. The van der Waals surface area contributed by atoms with E-state index in [1.54, 1.807) is 30.9 Å². The summed E-state index contributed by atoms with van der Waals surface area (Å²) in [6, 6.07) is 9.93. The number of aromatic nitrogens is 1. The van der Waals surface area contributed by atoms with Gasteiger partial charge in [-0.2, -0.15) is 0 Å². The molecular weight excluding hydrogens is 433 g/mol. The van der Waals surface area contributed by atoms with Gasteiger partial charge in [0.05, 0.1) is 22.9 Å². The molecule has 8 heteroatoms. The van der Waals surface area contributed by atoms with Crippen LogP contribution >= 0.6 is 11.6 Å². The number of carbonyl (C=O) groups is 1. The highest BCUT2D eigenvalue weighted by molar-refractivity contribution is 6.30. The smallest absolute Gasteiger partial charge is 0.246 e. The first-order valence-corrected chi connectivity index (χ1v) is 11.3. The predicted octanol–water partition coefficient (Wildman–Crippen LogP) is 5.23. The third-order valence-corrected chi connectivity index (χ3v) is 5.81. The summed E-state index contributed by atoms with van der Waals surface area (Å²) in [6.45, 7) is 5.04. The van der Waals surface area contributed by atoms with Crippen LogP contribution in [0, 0.1) is 17.7 Å². The zero-order valence-corrected chi connectivity index (χ0v) is 19.6. The Kier molecular flexibility index (Phi) is 11.0. The summed E-state index contributed by atoms with van der Waals surface area (Å²) in [5.41, 5.74) is 3.51. The maximum Gasteiger partial charge on any atom is 0.246 e. The summed E-state index contributed by atoms with van der Waals surface area (Å²) < 4.78 is 18.7. The lowest BCUT2D eigenvalue weighted by Gasteiger charge is -2.23. The van der Waals surface area contributed by atoms with Gasteiger partial charge in [-0.25, -0.2) is 9.87 Å². The van der Waals surface area contributed by atoms with Gasteiger partial charge in [-0.3, -0.25) is 15.0 Å². The van der Waals surface area contributed by atoms with Crippen molar-refractivity contribution in [3.05, 3.63) is 64.7 Å². The summed E-state index contributed by atoms with van der Waals surface area (Å²) in [7, 11) is 1.56. The molecule has 32 heavy (non-hydrogen) atoms. The minimum Gasteiger partial charge on any atom is -0.377 e. The van der Waals surface area contributed by atoms with Gasteiger partial charge >= 0.3 is 0 Å². The van der Waals surface area contributed by atoms with Gasteiger partial charge in [0.2, 0.25) is 5.91 Å². The van der Waals surface area contributed by atoms with Gasteiger partial charge in [-0.1, -0.05) is 44.0 Å². The Labute approximate surface area is 194 Å². The van der Waals surface area contributed by atoms with E-state index < -0.39 is 11.8 Å². The number of halogens is 2. The fourth-order valence-corrected chi connectivity index (χ4v) is 3.89. The van der Waals surface area contributed by atoms with Crippen LogP contribution in [0.3, 0.4) is 0 Å². The average Bonchev–Trinajstić information content (AvgIpc) is 2.79. The largest absolute Gasteiger partial charge is 0.377 e. The van der Waals surface area contributed by atoms with E-state index in [1.165, 1.54) is 12.1 Å². The Bertz CT molecular complexity index is 818. The van der Waals surface area contributed by atoms with E-state index in [-0.39, 0.29) is 18.0 Å². The summed E-state index contributed by atoms with van der Waals surface area (Å²) in [5, 5.41) is 13.3. The van der Waals surface area contributed by atoms with Gasteiger partial charge in [0.1, 0.15) is 5.82 Å². The van der Waals surface area contributed by atoms with Crippen LogP contribution in [-0.2, 0) is 9.53 Å². The van der Waals surface area contributed by atoms with E-state index in [1.807, 2.05) is 12.1 Å². The summed E-state index contributed by atoms with van der Waals surface area (Å²) >= 11 is 5.94. The van der Waals surface area contributed by atoms with Gasteiger partial charge in [-0.15, -0.1) is 0 Å². The van der Waals surface area contributed by atoms with Crippen molar-refractivity contribution in [3.63, 3.8) is 0 Å². The minimum absolute atomic E-state index is 0.111. The number of nitrogens with one attached hydrogen (secondary N) is 2. The Morgan fingerprint density at radius 3 is 2.47 bits per heavy atom. The number of benzene rings is 1. The second kappa shape index (κ2) is 13.5. The molecule has 0 saturated heterocycles. The molecule has 0 fully saturated rings. The van der Waals surface area contributed by atoms with Crippen molar-refractivity contribution < 1.29 is 19.1 Å². The second-order valence-electron chi connectivity index (χ2n) is 8.26. The van der Waals surface area contributed by atoms with Gasteiger partial charge < -0.3 is 10.1 Å². The van der Waals surface area contributed by atoms with Crippen LogP contribution < -0.4 is 10.8 Å². The molecule has 3 N–H and O–H groups in total. The minimum atomic E-state index is -0.437. The third-order valence-electron chi connectivity index (χ3n) is 5.59. The molecule has 1 heterocycles. The highest BCUT2D eigenvalue weighted by Gasteiger charge is 2.24. The number of hydrogen-bond donors (Lipinski definition) is 3. The lowest BCUT2D eigenvalue weighted by atomic mass is 9.91. The number of hydrogen-bond acceptors (Lipinski definition) is 5. The van der Waals surface area contributed by atoms with Crippen molar-refractivity contribution in [2.45, 2.75) is 51.7 Å². The SMILES string of the molecule is CO[C@H](C[C@H](CCCCN[C@@H](c1ccc(Cl)cn1)C(C)C)C(=O)NO)c1ccc(F)cc1. The molecule has 0 aliphatic carbocycles. The Hall–Kier alpha value is -2.06.